The van der Waals surface area contributed by atoms with E-state index in [1.807, 2.05) is 31.5 Å². The number of halogens is 1. The van der Waals surface area contributed by atoms with Crippen LogP contribution >= 0.6 is 11.6 Å². The molecule has 1 rings (SSSR count). The molecule has 3 heteroatoms. The van der Waals surface area contributed by atoms with E-state index < -0.39 is 0 Å². The first kappa shape index (κ1) is 11.5. The molecule has 0 bridgehead atoms. The van der Waals surface area contributed by atoms with Crippen LogP contribution in [0.15, 0.2) is 24.5 Å². The quantitative estimate of drug-likeness (QED) is 0.759. The van der Waals surface area contributed by atoms with Gasteiger partial charge in [-0.15, -0.1) is 11.6 Å². The Bertz CT molecular complexity index is 249. The third kappa shape index (κ3) is 4.58. The third-order valence-corrected chi connectivity index (χ3v) is 2.26. The highest BCUT2D eigenvalue weighted by Crippen LogP contribution is 2.05. The molecule has 0 aromatic carbocycles. The van der Waals surface area contributed by atoms with E-state index in [9.17, 15) is 0 Å². The minimum atomic E-state index is 0.231. The molecule has 1 N–H and O–H groups in total. The molecule has 0 spiro atoms. The molecular formula is C11H17ClN2. The lowest BCUT2D eigenvalue weighted by Crippen LogP contribution is -2.27. The van der Waals surface area contributed by atoms with Crippen LogP contribution in [0.4, 0.5) is 0 Å². The van der Waals surface area contributed by atoms with Gasteiger partial charge in [0.1, 0.15) is 0 Å². The van der Waals surface area contributed by atoms with Gasteiger partial charge in [0.05, 0.1) is 0 Å². The molecule has 0 saturated carbocycles. The van der Waals surface area contributed by atoms with Gasteiger partial charge in [-0.1, -0.05) is 0 Å². The second-order valence-corrected chi connectivity index (χ2v) is 4.40. The van der Waals surface area contributed by atoms with Gasteiger partial charge in [-0.05, 0) is 38.0 Å². The predicted molar refractivity (Wildman–Crippen MR) is 60.5 cm³/mol. The fraction of sp³-hybridized carbons (Fsp3) is 0.545. The minimum absolute atomic E-state index is 0.231. The van der Waals surface area contributed by atoms with Crippen molar-refractivity contribution in [1.82, 2.24) is 10.3 Å². The molecule has 0 aliphatic rings. The Morgan fingerprint density at radius 2 is 2.00 bits per heavy atom. The number of nitrogens with one attached hydrogen (secondary N) is 1. The smallest absolute Gasteiger partial charge is 0.0322 e. The molecule has 0 saturated heterocycles. The van der Waals surface area contributed by atoms with Crippen molar-refractivity contribution in [3.05, 3.63) is 30.1 Å². The zero-order valence-electron chi connectivity index (χ0n) is 8.70. The van der Waals surface area contributed by atoms with Crippen LogP contribution in [0.2, 0.25) is 0 Å². The molecular weight excluding hydrogens is 196 g/mol. The molecule has 2 unspecified atom stereocenters. The van der Waals surface area contributed by atoms with Crippen LogP contribution in [0.1, 0.15) is 25.8 Å². The summed E-state index contributed by atoms with van der Waals surface area (Å²) < 4.78 is 0. The summed E-state index contributed by atoms with van der Waals surface area (Å²) in [7, 11) is 0. The van der Waals surface area contributed by atoms with Crippen molar-refractivity contribution in [2.45, 2.75) is 38.2 Å². The van der Waals surface area contributed by atoms with Crippen LogP contribution in [0, 0.1) is 0 Å². The van der Waals surface area contributed by atoms with Gasteiger partial charge >= 0.3 is 0 Å². The van der Waals surface area contributed by atoms with Gasteiger partial charge in [-0.25, -0.2) is 0 Å². The molecule has 0 radical (unpaired) electrons. The van der Waals surface area contributed by atoms with Crippen LogP contribution in [0.25, 0.3) is 0 Å². The van der Waals surface area contributed by atoms with Gasteiger partial charge in [-0.3, -0.25) is 4.98 Å². The van der Waals surface area contributed by atoms with Crippen molar-refractivity contribution in [1.29, 1.82) is 0 Å². The maximum absolute atomic E-state index is 5.90. The van der Waals surface area contributed by atoms with Gasteiger partial charge in [0.15, 0.2) is 0 Å². The predicted octanol–water partition coefficient (Wildman–Crippen LogP) is 2.58. The Balaban J connectivity index is 2.27. The van der Waals surface area contributed by atoms with Gasteiger partial charge in [0, 0.05) is 30.4 Å². The Morgan fingerprint density at radius 1 is 1.36 bits per heavy atom. The number of hydrogen-bond donors (Lipinski definition) is 1. The molecule has 14 heavy (non-hydrogen) atoms. The number of aromatic nitrogens is 1. The van der Waals surface area contributed by atoms with E-state index in [0.29, 0.717) is 6.04 Å². The van der Waals surface area contributed by atoms with Crippen molar-refractivity contribution in [3.63, 3.8) is 0 Å². The first-order valence-corrected chi connectivity index (χ1v) is 5.38. The van der Waals surface area contributed by atoms with Crippen molar-refractivity contribution in [2.75, 3.05) is 0 Å². The van der Waals surface area contributed by atoms with Crippen LogP contribution in [0.5, 0.6) is 0 Å². The maximum Gasteiger partial charge on any atom is 0.0322 e. The molecule has 1 heterocycles. The van der Waals surface area contributed by atoms with Gasteiger partial charge in [0.2, 0.25) is 0 Å². The molecule has 0 aliphatic heterocycles. The third-order valence-electron chi connectivity index (χ3n) is 2.08. The summed E-state index contributed by atoms with van der Waals surface area (Å²) in [5.74, 6) is 0. The maximum atomic E-state index is 5.90. The van der Waals surface area contributed by atoms with Gasteiger partial charge in [0.25, 0.3) is 0 Å². The molecule has 1 aromatic heterocycles. The standard InChI is InChI=1S/C11H17ClN2/c1-9(12)7-10(2)14-8-11-3-5-13-6-4-11/h3-6,9-10,14H,7-8H2,1-2H3. The van der Waals surface area contributed by atoms with E-state index >= 15 is 0 Å². The number of rotatable bonds is 5. The molecule has 1 aromatic rings. The van der Waals surface area contributed by atoms with Crippen LogP contribution in [-0.2, 0) is 6.54 Å². The van der Waals surface area contributed by atoms with Crippen molar-refractivity contribution < 1.29 is 0 Å². The molecule has 0 fully saturated rings. The highest BCUT2D eigenvalue weighted by molar-refractivity contribution is 6.20. The zero-order chi connectivity index (χ0) is 10.4. The summed E-state index contributed by atoms with van der Waals surface area (Å²) in [5.41, 5.74) is 1.26. The van der Waals surface area contributed by atoms with E-state index in [0.717, 1.165) is 13.0 Å². The lowest BCUT2D eigenvalue weighted by Gasteiger charge is -2.14. The summed E-state index contributed by atoms with van der Waals surface area (Å²) in [5, 5.41) is 3.65. The van der Waals surface area contributed by atoms with Gasteiger partial charge < -0.3 is 5.32 Å². The van der Waals surface area contributed by atoms with E-state index in [4.69, 9.17) is 11.6 Å². The number of pyridine rings is 1. The van der Waals surface area contributed by atoms with Crippen molar-refractivity contribution in [3.8, 4) is 0 Å². The average molecular weight is 213 g/mol. The highest BCUT2D eigenvalue weighted by atomic mass is 35.5. The SMILES string of the molecule is CC(Cl)CC(C)NCc1ccncc1. The summed E-state index contributed by atoms with van der Waals surface area (Å²) in [4.78, 5) is 3.97. The van der Waals surface area contributed by atoms with E-state index in [1.54, 1.807) is 0 Å². The fourth-order valence-electron chi connectivity index (χ4n) is 1.36. The molecule has 2 atom stereocenters. The second-order valence-electron chi connectivity index (χ2n) is 3.65. The van der Waals surface area contributed by atoms with Crippen LogP contribution in [0.3, 0.4) is 0 Å². The Morgan fingerprint density at radius 3 is 2.57 bits per heavy atom. The molecule has 78 valence electrons. The number of nitrogens with zero attached hydrogens (tertiary/aromatic N) is 1. The molecule has 0 aliphatic carbocycles. The van der Waals surface area contributed by atoms with E-state index in [1.165, 1.54) is 5.56 Å². The normalized spacial score (nSPS) is 15.1. The topological polar surface area (TPSA) is 24.9 Å². The van der Waals surface area contributed by atoms with Crippen LogP contribution < -0.4 is 5.32 Å². The lowest BCUT2D eigenvalue weighted by molar-refractivity contribution is 0.511. The van der Waals surface area contributed by atoms with Gasteiger partial charge in [-0.2, -0.15) is 0 Å². The average Bonchev–Trinajstić information content (AvgIpc) is 2.15. The lowest BCUT2D eigenvalue weighted by atomic mass is 10.2. The molecule has 2 nitrogen and oxygen atoms in total. The summed E-state index contributed by atoms with van der Waals surface area (Å²) in [6.45, 7) is 5.06. The fourth-order valence-corrected chi connectivity index (χ4v) is 1.63. The minimum Gasteiger partial charge on any atom is -0.310 e. The van der Waals surface area contributed by atoms with Crippen molar-refractivity contribution in [2.24, 2.45) is 0 Å². The first-order valence-electron chi connectivity index (χ1n) is 4.95. The Labute approximate surface area is 90.7 Å². The summed E-state index contributed by atoms with van der Waals surface area (Å²) in [6, 6.07) is 4.49. The number of hydrogen-bond acceptors (Lipinski definition) is 2. The Kier molecular flexibility index (Phi) is 4.91. The summed E-state index contributed by atoms with van der Waals surface area (Å²) >= 11 is 5.90. The monoisotopic (exact) mass is 212 g/mol. The Hall–Kier alpha value is -0.600. The van der Waals surface area contributed by atoms with Crippen molar-refractivity contribution >= 4 is 11.6 Å². The summed E-state index contributed by atoms with van der Waals surface area (Å²) in [6.07, 6.45) is 4.62. The second kappa shape index (κ2) is 5.99. The van der Waals surface area contributed by atoms with Crippen LogP contribution in [-0.4, -0.2) is 16.4 Å². The highest BCUT2D eigenvalue weighted by Gasteiger charge is 2.04. The van der Waals surface area contributed by atoms with E-state index in [2.05, 4.69) is 17.2 Å². The zero-order valence-corrected chi connectivity index (χ0v) is 9.46. The first-order chi connectivity index (χ1) is 6.68. The number of alkyl halides is 1. The van der Waals surface area contributed by atoms with E-state index in [-0.39, 0.29) is 5.38 Å². The largest absolute Gasteiger partial charge is 0.310 e. The molecule has 0 amide bonds.